The van der Waals surface area contributed by atoms with E-state index in [9.17, 15) is 8.42 Å². The van der Waals surface area contributed by atoms with Crippen LogP contribution in [-0.2, 0) is 16.6 Å². The zero-order chi connectivity index (χ0) is 14.8. The van der Waals surface area contributed by atoms with Crippen molar-refractivity contribution < 1.29 is 8.42 Å². The van der Waals surface area contributed by atoms with Crippen LogP contribution in [-0.4, -0.2) is 13.4 Å². The van der Waals surface area contributed by atoms with E-state index in [1.165, 1.54) is 0 Å². The van der Waals surface area contributed by atoms with Crippen LogP contribution in [0.3, 0.4) is 0 Å². The fourth-order valence-corrected chi connectivity index (χ4v) is 3.69. The number of aryl methyl sites for hydroxylation is 1. The van der Waals surface area contributed by atoms with E-state index in [4.69, 9.17) is 5.73 Å². The minimum Gasteiger partial charge on any atom is -0.326 e. The van der Waals surface area contributed by atoms with E-state index in [-0.39, 0.29) is 17.3 Å². The summed E-state index contributed by atoms with van der Waals surface area (Å²) in [6, 6.07) is 10.1. The minimum absolute atomic E-state index is 0.142. The van der Waals surface area contributed by atoms with Crippen LogP contribution < -0.4 is 10.5 Å². The first-order valence-corrected chi connectivity index (χ1v) is 8.15. The summed E-state index contributed by atoms with van der Waals surface area (Å²) in [5.74, 6) is 0.287. The first-order valence-electron chi connectivity index (χ1n) is 5.87. The van der Waals surface area contributed by atoms with Crippen molar-refractivity contribution in [1.82, 2.24) is 4.98 Å². The van der Waals surface area contributed by atoms with Crippen LogP contribution in [0.5, 0.6) is 0 Å². The molecular weight excluding hydrogens is 342 g/mol. The van der Waals surface area contributed by atoms with E-state index < -0.39 is 10.0 Å². The lowest BCUT2D eigenvalue weighted by Gasteiger charge is -2.10. The van der Waals surface area contributed by atoms with Gasteiger partial charge < -0.3 is 5.73 Å². The number of nitrogens with one attached hydrogen (secondary N) is 1. The fourth-order valence-electron chi connectivity index (χ4n) is 1.67. The summed E-state index contributed by atoms with van der Waals surface area (Å²) in [4.78, 5) is 4.27. The summed E-state index contributed by atoms with van der Waals surface area (Å²) < 4.78 is 27.7. The van der Waals surface area contributed by atoms with Crippen LogP contribution >= 0.6 is 15.9 Å². The first-order chi connectivity index (χ1) is 9.42. The zero-order valence-corrected chi connectivity index (χ0v) is 13.2. The molecule has 0 aliphatic heterocycles. The van der Waals surface area contributed by atoms with Gasteiger partial charge in [0.25, 0.3) is 10.0 Å². The average molecular weight is 356 g/mol. The second-order valence-corrected chi connectivity index (χ2v) is 6.74. The monoisotopic (exact) mass is 355 g/mol. The molecule has 0 unspecified atom stereocenters. The quantitative estimate of drug-likeness (QED) is 0.881. The van der Waals surface area contributed by atoms with E-state index >= 15 is 0 Å². The Balaban J connectivity index is 2.40. The van der Waals surface area contributed by atoms with Gasteiger partial charge in [-0.3, -0.25) is 4.72 Å². The van der Waals surface area contributed by atoms with E-state index in [0.29, 0.717) is 4.47 Å². The van der Waals surface area contributed by atoms with E-state index in [0.717, 1.165) is 11.3 Å². The Morgan fingerprint density at radius 3 is 2.70 bits per heavy atom. The Kier molecular flexibility index (Phi) is 4.42. The van der Waals surface area contributed by atoms with Gasteiger partial charge in [-0.05, 0) is 52.7 Å². The highest BCUT2D eigenvalue weighted by atomic mass is 79.9. The van der Waals surface area contributed by atoms with Crippen molar-refractivity contribution in [2.45, 2.75) is 18.4 Å². The second kappa shape index (κ2) is 5.90. The Labute approximate surface area is 126 Å². The van der Waals surface area contributed by atoms with Gasteiger partial charge in [0.05, 0.1) is 0 Å². The molecule has 0 amide bonds. The van der Waals surface area contributed by atoms with Crippen molar-refractivity contribution in [3.8, 4) is 0 Å². The molecule has 0 spiro atoms. The summed E-state index contributed by atoms with van der Waals surface area (Å²) in [5, 5.41) is 0. The first kappa shape index (κ1) is 15.0. The van der Waals surface area contributed by atoms with Gasteiger partial charge in [-0.1, -0.05) is 12.1 Å². The van der Waals surface area contributed by atoms with Crippen molar-refractivity contribution in [2.24, 2.45) is 5.73 Å². The summed E-state index contributed by atoms with van der Waals surface area (Å²) in [5.41, 5.74) is 7.02. The summed E-state index contributed by atoms with van der Waals surface area (Å²) in [6.07, 6.45) is 0. The van der Waals surface area contributed by atoms with Gasteiger partial charge in [-0.2, -0.15) is 0 Å². The van der Waals surface area contributed by atoms with Crippen LogP contribution in [0.15, 0.2) is 45.8 Å². The highest BCUT2D eigenvalue weighted by Crippen LogP contribution is 2.25. The maximum Gasteiger partial charge on any atom is 0.264 e. The molecule has 0 fully saturated rings. The van der Waals surface area contributed by atoms with E-state index in [1.807, 2.05) is 0 Å². The largest absolute Gasteiger partial charge is 0.326 e. The van der Waals surface area contributed by atoms with Gasteiger partial charge in [0, 0.05) is 16.7 Å². The molecular formula is C13H14BrN3O2S. The Bertz CT molecular complexity index is 732. The number of pyridine rings is 1. The van der Waals surface area contributed by atoms with Gasteiger partial charge in [-0.15, -0.1) is 0 Å². The van der Waals surface area contributed by atoms with Crippen LogP contribution in [0.25, 0.3) is 0 Å². The number of benzene rings is 1. The minimum atomic E-state index is -3.71. The van der Waals surface area contributed by atoms with Crippen LogP contribution in [0.4, 0.5) is 5.82 Å². The number of aromatic nitrogens is 1. The zero-order valence-electron chi connectivity index (χ0n) is 10.8. The summed E-state index contributed by atoms with van der Waals surface area (Å²) in [7, 11) is -3.71. The molecule has 2 aromatic rings. The smallest absolute Gasteiger partial charge is 0.264 e. The number of anilines is 1. The molecule has 106 valence electrons. The fraction of sp³-hybridized carbons (Fsp3) is 0.154. The molecule has 1 heterocycles. The molecule has 1 aromatic carbocycles. The average Bonchev–Trinajstić information content (AvgIpc) is 2.38. The maximum atomic E-state index is 12.4. The Morgan fingerprint density at radius 1 is 1.30 bits per heavy atom. The number of hydrogen-bond acceptors (Lipinski definition) is 4. The molecule has 0 aliphatic carbocycles. The van der Waals surface area contributed by atoms with E-state index in [2.05, 4.69) is 25.6 Å². The van der Waals surface area contributed by atoms with Crippen molar-refractivity contribution in [2.75, 3.05) is 4.72 Å². The maximum absolute atomic E-state index is 12.4. The third-order valence-electron chi connectivity index (χ3n) is 2.65. The van der Waals surface area contributed by atoms with Gasteiger partial charge in [-0.25, -0.2) is 13.4 Å². The highest BCUT2D eigenvalue weighted by Gasteiger charge is 2.18. The molecule has 0 saturated carbocycles. The number of sulfonamides is 1. The molecule has 0 saturated heterocycles. The van der Waals surface area contributed by atoms with Gasteiger partial charge in [0.1, 0.15) is 10.7 Å². The number of hydrogen-bond donors (Lipinski definition) is 2. The van der Waals surface area contributed by atoms with Crippen molar-refractivity contribution in [3.05, 3.63) is 52.1 Å². The molecule has 0 radical (unpaired) electrons. The molecule has 0 aliphatic rings. The lowest BCUT2D eigenvalue weighted by Crippen LogP contribution is -2.15. The van der Waals surface area contributed by atoms with Crippen LogP contribution in [0.1, 0.15) is 11.3 Å². The predicted octanol–water partition coefficient (Wildman–Crippen LogP) is 2.41. The predicted molar refractivity (Wildman–Crippen MR) is 81.8 cm³/mol. The van der Waals surface area contributed by atoms with Crippen LogP contribution in [0.2, 0.25) is 0 Å². The molecule has 20 heavy (non-hydrogen) atoms. The molecule has 2 rings (SSSR count). The molecule has 7 heteroatoms. The van der Waals surface area contributed by atoms with Crippen LogP contribution in [0, 0.1) is 6.92 Å². The highest BCUT2D eigenvalue weighted by molar-refractivity contribution is 9.10. The van der Waals surface area contributed by atoms with Crippen molar-refractivity contribution >= 4 is 31.8 Å². The topological polar surface area (TPSA) is 85.1 Å². The third kappa shape index (κ3) is 3.36. The molecule has 3 N–H and O–H groups in total. The SMILES string of the molecule is Cc1cccc(NS(=O)(=O)c2cc(CN)ccc2Br)n1. The molecule has 0 bridgehead atoms. The second-order valence-electron chi connectivity index (χ2n) is 4.24. The molecule has 5 nitrogen and oxygen atoms in total. The van der Waals surface area contributed by atoms with E-state index in [1.54, 1.807) is 43.3 Å². The third-order valence-corrected chi connectivity index (χ3v) is 5.00. The summed E-state index contributed by atoms with van der Waals surface area (Å²) >= 11 is 3.24. The standard InChI is InChI=1S/C13H14BrN3O2S/c1-9-3-2-4-13(16-9)17-20(18,19)12-7-10(8-15)5-6-11(12)14/h2-7H,8,15H2,1H3,(H,16,17). The normalized spacial score (nSPS) is 11.3. The van der Waals surface area contributed by atoms with Gasteiger partial charge in [0.2, 0.25) is 0 Å². The Hall–Kier alpha value is -1.44. The number of rotatable bonds is 4. The van der Waals surface area contributed by atoms with Crippen molar-refractivity contribution in [3.63, 3.8) is 0 Å². The van der Waals surface area contributed by atoms with Crippen molar-refractivity contribution in [1.29, 1.82) is 0 Å². The number of halogens is 1. The number of nitrogens with two attached hydrogens (primary N) is 1. The lowest BCUT2D eigenvalue weighted by molar-refractivity contribution is 0.600. The molecule has 1 aromatic heterocycles. The lowest BCUT2D eigenvalue weighted by atomic mass is 10.2. The number of nitrogens with zero attached hydrogens (tertiary/aromatic N) is 1. The van der Waals surface area contributed by atoms with Gasteiger partial charge >= 0.3 is 0 Å². The molecule has 0 atom stereocenters. The van der Waals surface area contributed by atoms with Gasteiger partial charge in [0.15, 0.2) is 0 Å². The summed E-state index contributed by atoms with van der Waals surface area (Å²) in [6.45, 7) is 2.07. The Morgan fingerprint density at radius 2 is 2.05 bits per heavy atom.